The number of hydrogen-bond acceptors (Lipinski definition) is 4. The number of nitrogens with zero attached hydrogens (tertiary/aromatic N) is 3. The van der Waals surface area contributed by atoms with E-state index < -0.39 is 5.97 Å². The van der Waals surface area contributed by atoms with Crippen molar-refractivity contribution in [2.75, 3.05) is 6.61 Å². The van der Waals surface area contributed by atoms with Gasteiger partial charge in [0.2, 0.25) is 0 Å². The molecule has 0 atom stereocenters. The van der Waals surface area contributed by atoms with Crippen molar-refractivity contribution in [1.29, 1.82) is 0 Å². The second-order valence-electron chi connectivity index (χ2n) is 5.34. The van der Waals surface area contributed by atoms with Crippen molar-refractivity contribution >= 4 is 11.6 Å². The maximum Gasteiger partial charge on any atom is 0.356 e. The fourth-order valence-electron chi connectivity index (χ4n) is 2.54. The summed E-state index contributed by atoms with van der Waals surface area (Å²) in [7, 11) is 1.72. The number of carbonyl (C=O) groups excluding carboxylic acids is 1. The first kappa shape index (κ1) is 15.0. The smallest absolute Gasteiger partial charge is 0.356 e. The zero-order valence-electron chi connectivity index (χ0n) is 13.2. The highest BCUT2D eigenvalue weighted by molar-refractivity contribution is 5.88. The standard InChI is InChI=1S/C17H17N3O3/c1-4-23-17(22)14-8-18-15-6-5-12(10-20(14)15)13-7-11(2)16(21)19(3)9-13/h5-10H,4H2,1-3H3. The monoisotopic (exact) mass is 311 g/mol. The van der Waals surface area contributed by atoms with Crippen LogP contribution in [-0.4, -0.2) is 26.5 Å². The molecule has 0 aliphatic heterocycles. The van der Waals surface area contributed by atoms with Crippen LogP contribution in [0.4, 0.5) is 0 Å². The maximum atomic E-state index is 12.0. The topological polar surface area (TPSA) is 65.6 Å². The summed E-state index contributed by atoms with van der Waals surface area (Å²) in [5, 5.41) is 0. The Labute approximate surface area is 133 Å². The highest BCUT2D eigenvalue weighted by Crippen LogP contribution is 2.21. The molecule has 3 aromatic rings. The Morgan fingerprint density at radius 1 is 1.26 bits per heavy atom. The minimum atomic E-state index is -0.409. The number of fused-ring (bicyclic) bond motifs is 1. The van der Waals surface area contributed by atoms with Gasteiger partial charge in [-0.1, -0.05) is 0 Å². The fourth-order valence-corrected chi connectivity index (χ4v) is 2.54. The number of aryl methyl sites for hydroxylation is 2. The van der Waals surface area contributed by atoms with Gasteiger partial charge in [0, 0.05) is 25.0 Å². The van der Waals surface area contributed by atoms with E-state index in [2.05, 4.69) is 4.98 Å². The molecule has 3 rings (SSSR count). The van der Waals surface area contributed by atoms with E-state index in [1.807, 2.05) is 24.4 Å². The second kappa shape index (κ2) is 5.72. The van der Waals surface area contributed by atoms with Gasteiger partial charge in [-0.25, -0.2) is 9.78 Å². The summed E-state index contributed by atoms with van der Waals surface area (Å²) in [4.78, 5) is 28.0. The van der Waals surface area contributed by atoms with Gasteiger partial charge in [0.25, 0.3) is 5.56 Å². The zero-order valence-corrected chi connectivity index (χ0v) is 13.2. The number of aromatic nitrogens is 3. The average molecular weight is 311 g/mol. The van der Waals surface area contributed by atoms with E-state index in [9.17, 15) is 9.59 Å². The molecular formula is C17H17N3O3. The third-order valence-corrected chi connectivity index (χ3v) is 3.69. The lowest BCUT2D eigenvalue weighted by atomic mass is 10.1. The molecular weight excluding hydrogens is 294 g/mol. The minimum absolute atomic E-state index is 0.0235. The Hall–Kier alpha value is -2.89. The van der Waals surface area contributed by atoms with Gasteiger partial charge in [0.15, 0.2) is 5.69 Å². The normalized spacial score (nSPS) is 10.9. The van der Waals surface area contributed by atoms with Crippen molar-refractivity contribution in [3.05, 3.63) is 58.4 Å². The van der Waals surface area contributed by atoms with Gasteiger partial charge < -0.3 is 9.30 Å². The van der Waals surface area contributed by atoms with Crippen molar-refractivity contribution in [2.45, 2.75) is 13.8 Å². The summed E-state index contributed by atoms with van der Waals surface area (Å²) >= 11 is 0. The molecule has 0 radical (unpaired) electrons. The van der Waals surface area contributed by atoms with Gasteiger partial charge in [-0.05, 0) is 43.2 Å². The first-order valence-electron chi connectivity index (χ1n) is 7.33. The lowest BCUT2D eigenvalue weighted by molar-refractivity contribution is 0.0518. The summed E-state index contributed by atoms with van der Waals surface area (Å²) in [6.45, 7) is 3.86. The van der Waals surface area contributed by atoms with Gasteiger partial charge in [0.05, 0.1) is 12.8 Å². The third-order valence-electron chi connectivity index (χ3n) is 3.69. The van der Waals surface area contributed by atoms with Crippen LogP contribution in [0.5, 0.6) is 0 Å². The maximum absolute atomic E-state index is 12.0. The van der Waals surface area contributed by atoms with Crippen LogP contribution in [-0.2, 0) is 11.8 Å². The molecule has 3 aromatic heterocycles. The summed E-state index contributed by atoms with van der Waals surface area (Å²) in [6, 6.07) is 5.58. The van der Waals surface area contributed by atoms with E-state index in [0.29, 0.717) is 23.5 Å². The van der Waals surface area contributed by atoms with Crippen LogP contribution in [0.2, 0.25) is 0 Å². The van der Waals surface area contributed by atoms with Crippen LogP contribution in [0.25, 0.3) is 16.8 Å². The molecule has 3 heterocycles. The Bertz CT molecular complexity index is 927. The van der Waals surface area contributed by atoms with Crippen molar-refractivity contribution < 1.29 is 9.53 Å². The van der Waals surface area contributed by atoms with Crippen LogP contribution in [0.3, 0.4) is 0 Å². The molecule has 0 unspecified atom stereocenters. The molecule has 0 bridgehead atoms. The SMILES string of the molecule is CCOC(=O)c1cnc2ccc(-c3cc(C)c(=O)n(C)c3)cn12. The number of esters is 1. The molecule has 6 heteroatoms. The van der Waals surface area contributed by atoms with Crippen LogP contribution >= 0.6 is 0 Å². The summed E-state index contributed by atoms with van der Waals surface area (Å²) in [5.74, 6) is -0.409. The largest absolute Gasteiger partial charge is 0.461 e. The Balaban J connectivity index is 2.14. The molecule has 0 fully saturated rings. The van der Waals surface area contributed by atoms with E-state index in [-0.39, 0.29) is 5.56 Å². The quantitative estimate of drug-likeness (QED) is 0.695. The third kappa shape index (κ3) is 2.63. The summed E-state index contributed by atoms with van der Waals surface area (Å²) in [5.41, 5.74) is 3.48. The predicted octanol–water partition coefficient (Wildman–Crippen LogP) is 2.19. The average Bonchev–Trinajstić information content (AvgIpc) is 2.95. The van der Waals surface area contributed by atoms with Gasteiger partial charge in [-0.3, -0.25) is 9.20 Å². The van der Waals surface area contributed by atoms with Crippen LogP contribution < -0.4 is 5.56 Å². The number of rotatable bonds is 3. The number of hydrogen-bond donors (Lipinski definition) is 0. The first-order valence-corrected chi connectivity index (χ1v) is 7.33. The Morgan fingerprint density at radius 2 is 2.04 bits per heavy atom. The molecule has 0 aliphatic rings. The lowest BCUT2D eigenvalue weighted by Crippen LogP contribution is -2.18. The Kier molecular flexibility index (Phi) is 3.73. The number of ether oxygens (including phenoxy) is 1. The van der Waals surface area contributed by atoms with Crippen molar-refractivity contribution in [1.82, 2.24) is 14.0 Å². The van der Waals surface area contributed by atoms with Gasteiger partial charge in [-0.15, -0.1) is 0 Å². The van der Waals surface area contributed by atoms with Gasteiger partial charge >= 0.3 is 5.97 Å². The molecule has 0 saturated heterocycles. The van der Waals surface area contributed by atoms with E-state index in [4.69, 9.17) is 4.74 Å². The fraction of sp³-hybridized carbons (Fsp3) is 0.235. The van der Waals surface area contributed by atoms with Crippen molar-refractivity contribution in [2.24, 2.45) is 7.05 Å². The van der Waals surface area contributed by atoms with Crippen LogP contribution in [0.15, 0.2) is 41.6 Å². The number of pyridine rings is 2. The van der Waals surface area contributed by atoms with E-state index in [1.165, 1.54) is 6.20 Å². The van der Waals surface area contributed by atoms with E-state index in [1.54, 1.807) is 36.1 Å². The molecule has 0 aromatic carbocycles. The van der Waals surface area contributed by atoms with Gasteiger partial charge in [-0.2, -0.15) is 0 Å². The predicted molar refractivity (Wildman–Crippen MR) is 86.6 cm³/mol. The molecule has 0 amide bonds. The van der Waals surface area contributed by atoms with Crippen molar-refractivity contribution in [3.8, 4) is 11.1 Å². The van der Waals surface area contributed by atoms with E-state index in [0.717, 1.165) is 11.1 Å². The molecule has 23 heavy (non-hydrogen) atoms. The molecule has 6 nitrogen and oxygen atoms in total. The highest BCUT2D eigenvalue weighted by atomic mass is 16.5. The lowest BCUT2D eigenvalue weighted by Gasteiger charge is -2.08. The molecule has 0 N–H and O–H groups in total. The molecule has 0 saturated carbocycles. The van der Waals surface area contributed by atoms with Gasteiger partial charge in [0.1, 0.15) is 5.65 Å². The van der Waals surface area contributed by atoms with E-state index >= 15 is 0 Å². The molecule has 0 aliphatic carbocycles. The first-order chi connectivity index (χ1) is 11.0. The van der Waals surface area contributed by atoms with Crippen LogP contribution in [0, 0.1) is 6.92 Å². The molecule has 0 spiro atoms. The molecule has 118 valence electrons. The summed E-state index contributed by atoms with van der Waals surface area (Å²) in [6.07, 6.45) is 5.11. The minimum Gasteiger partial charge on any atom is -0.461 e. The Morgan fingerprint density at radius 3 is 2.74 bits per heavy atom. The number of carbonyl (C=O) groups is 1. The number of imidazole rings is 1. The zero-order chi connectivity index (χ0) is 16.6. The van der Waals surface area contributed by atoms with Crippen LogP contribution in [0.1, 0.15) is 23.0 Å². The second-order valence-corrected chi connectivity index (χ2v) is 5.34. The van der Waals surface area contributed by atoms with Crippen molar-refractivity contribution in [3.63, 3.8) is 0 Å². The summed E-state index contributed by atoms with van der Waals surface area (Å²) < 4.78 is 8.30. The highest BCUT2D eigenvalue weighted by Gasteiger charge is 2.14.